The summed E-state index contributed by atoms with van der Waals surface area (Å²) < 4.78 is 16.0. The topological polar surface area (TPSA) is 47.9 Å². The molecule has 18 heavy (non-hydrogen) atoms. The molecule has 108 valence electrons. The molecule has 3 atom stereocenters. The van der Waals surface area contributed by atoms with Crippen molar-refractivity contribution >= 4 is 0 Å². The molecule has 0 aromatic carbocycles. The first-order valence-corrected chi connectivity index (χ1v) is 7.01. The third-order valence-corrected chi connectivity index (χ3v) is 3.73. The first kappa shape index (κ1) is 15.9. The zero-order valence-electron chi connectivity index (χ0n) is 11.9. The van der Waals surface area contributed by atoms with Gasteiger partial charge in [-0.05, 0) is 31.1 Å². The van der Waals surface area contributed by atoms with Crippen LogP contribution in [0, 0.1) is 11.8 Å². The molecule has 0 heterocycles. The van der Waals surface area contributed by atoms with Gasteiger partial charge in [0.25, 0.3) is 0 Å². The number of aliphatic hydroxyl groups is 1. The standard InChI is InChI=1S/C14H28O4/c1-11(2)12-4-5-13(15)14(10-12)18-9-8-17-7-6-16-3/h11-15H,4-10H2,1-3H3. The minimum absolute atomic E-state index is 0.0165. The van der Waals surface area contributed by atoms with Gasteiger partial charge in [0.15, 0.2) is 0 Å². The molecule has 0 aromatic rings. The number of hydrogen-bond acceptors (Lipinski definition) is 4. The van der Waals surface area contributed by atoms with Crippen LogP contribution in [-0.2, 0) is 14.2 Å². The first-order valence-electron chi connectivity index (χ1n) is 7.01. The van der Waals surface area contributed by atoms with Crippen molar-refractivity contribution in [2.24, 2.45) is 11.8 Å². The van der Waals surface area contributed by atoms with Crippen molar-refractivity contribution in [1.29, 1.82) is 0 Å². The van der Waals surface area contributed by atoms with E-state index in [-0.39, 0.29) is 12.2 Å². The average molecular weight is 260 g/mol. The molecular weight excluding hydrogens is 232 g/mol. The van der Waals surface area contributed by atoms with E-state index >= 15 is 0 Å². The van der Waals surface area contributed by atoms with Crippen molar-refractivity contribution < 1.29 is 19.3 Å². The van der Waals surface area contributed by atoms with Crippen LogP contribution in [0.4, 0.5) is 0 Å². The molecule has 0 radical (unpaired) electrons. The lowest BCUT2D eigenvalue weighted by molar-refractivity contribution is -0.0897. The van der Waals surface area contributed by atoms with E-state index in [1.54, 1.807) is 7.11 Å². The Hall–Kier alpha value is -0.160. The number of hydrogen-bond donors (Lipinski definition) is 1. The van der Waals surface area contributed by atoms with E-state index < -0.39 is 0 Å². The molecule has 4 heteroatoms. The maximum absolute atomic E-state index is 9.92. The smallest absolute Gasteiger partial charge is 0.0837 e. The zero-order valence-corrected chi connectivity index (χ0v) is 11.9. The van der Waals surface area contributed by atoms with Gasteiger partial charge in [0.1, 0.15) is 0 Å². The van der Waals surface area contributed by atoms with Gasteiger partial charge in [0, 0.05) is 7.11 Å². The highest BCUT2D eigenvalue weighted by molar-refractivity contribution is 4.81. The van der Waals surface area contributed by atoms with Crippen LogP contribution in [0.2, 0.25) is 0 Å². The molecule has 1 rings (SSSR count). The Labute approximate surface area is 111 Å². The van der Waals surface area contributed by atoms with E-state index in [0.29, 0.717) is 38.3 Å². The molecule has 1 aliphatic carbocycles. The highest BCUT2D eigenvalue weighted by Crippen LogP contribution is 2.31. The zero-order chi connectivity index (χ0) is 13.4. The van der Waals surface area contributed by atoms with Crippen LogP contribution in [-0.4, -0.2) is 50.9 Å². The molecule has 0 aliphatic heterocycles. The third kappa shape index (κ3) is 5.65. The minimum Gasteiger partial charge on any atom is -0.390 e. The van der Waals surface area contributed by atoms with Crippen LogP contribution in [0.25, 0.3) is 0 Å². The summed E-state index contributed by atoms with van der Waals surface area (Å²) in [5, 5.41) is 9.92. The van der Waals surface area contributed by atoms with E-state index in [1.165, 1.54) is 0 Å². The largest absolute Gasteiger partial charge is 0.390 e. The number of methoxy groups -OCH3 is 1. The van der Waals surface area contributed by atoms with Crippen LogP contribution in [0.15, 0.2) is 0 Å². The number of aliphatic hydroxyl groups excluding tert-OH is 1. The fraction of sp³-hybridized carbons (Fsp3) is 1.00. The van der Waals surface area contributed by atoms with E-state index in [4.69, 9.17) is 14.2 Å². The van der Waals surface area contributed by atoms with E-state index in [1.807, 2.05) is 0 Å². The molecule has 1 fully saturated rings. The summed E-state index contributed by atoms with van der Waals surface area (Å²) in [4.78, 5) is 0. The maximum atomic E-state index is 9.92. The molecule has 4 nitrogen and oxygen atoms in total. The Morgan fingerprint density at radius 3 is 2.50 bits per heavy atom. The molecule has 1 saturated carbocycles. The normalized spacial score (nSPS) is 28.8. The van der Waals surface area contributed by atoms with E-state index in [9.17, 15) is 5.11 Å². The van der Waals surface area contributed by atoms with Gasteiger partial charge in [-0.2, -0.15) is 0 Å². The van der Waals surface area contributed by atoms with Gasteiger partial charge >= 0.3 is 0 Å². The van der Waals surface area contributed by atoms with Gasteiger partial charge in [-0.15, -0.1) is 0 Å². The molecule has 0 saturated heterocycles. The van der Waals surface area contributed by atoms with Crippen molar-refractivity contribution in [3.8, 4) is 0 Å². The molecular formula is C14H28O4. The molecule has 0 amide bonds. The highest BCUT2D eigenvalue weighted by atomic mass is 16.5. The quantitative estimate of drug-likeness (QED) is 0.677. The fourth-order valence-electron chi connectivity index (χ4n) is 2.43. The molecule has 0 bridgehead atoms. The summed E-state index contributed by atoms with van der Waals surface area (Å²) in [7, 11) is 1.66. The summed E-state index contributed by atoms with van der Waals surface area (Å²) in [5.74, 6) is 1.34. The molecule has 0 spiro atoms. The van der Waals surface area contributed by atoms with Crippen molar-refractivity contribution in [3.05, 3.63) is 0 Å². The lowest BCUT2D eigenvalue weighted by Crippen LogP contribution is -2.38. The second kappa shape index (κ2) is 8.86. The summed E-state index contributed by atoms with van der Waals surface area (Å²) >= 11 is 0. The summed E-state index contributed by atoms with van der Waals surface area (Å²) in [6.45, 7) is 6.82. The van der Waals surface area contributed by atoms with Crippen LogP contribution in [0.5, 0.6) is 0 Å². The van der Waals surface area contributed by atoms with Gasteiger partial charge in [-0.3, -0.25) is 0 Å². The van der Waals surface area contributed by atoms with Gasteiger partial charge in [-0.1, -0.05) is 13.8 Å². The van der Waals surface area contributed by atoms with Crippen molar-refractivity contribution in [1.82, 2.24) is 0 Å². The summed E-state index contributed by atoms with van der Waals surface area (Å²) in [5.41, 5.74) is 0. The Kier molecular flexibility index (Phi) is 7.82. The van der Waals surface area contributed by atoms with Crippen LogP contribution in [0.1, 0.15) is 33.1 Å². The van der Waals surface area contributed by atoms with Gasteiger partial charge in [0.05, 0.1) is 38.6 Å². The Bertz CT molecular complexity index is 208. The van der Waals surface area contributed by atoms with Crippen molar-refractivity contribution in [3.63, 3.8) is 0 Å². The lowest BCUT2D eigenvalue weighted by atomic mass is 9.79. The summed E-state index contributed by atoms with van der Waals surface area (Å²) in [6.07, 6.45) is 2.62. The Balaban J connectivity index is 2.15. The van der Waals surface area contributed by atoms with Gasteiger partial charge in [-0.25, -0.2) is 0 Å². The SMILES string of the molecule is COCCOCCOC1CC(C(C)C)CCC1O. The molecule has 1 N–H and O–H groups in total. The van der Waals surface area contributed by atoms with E-state index in [0.717, 1.165) is 19.3 Å². The van der Waals surface area contributed by atoms with Crippen molar-refractivity contribution in [2.75, 3.05) is 33.5 Å². The second-order valence-electron chi connectivity index (χ2n) is 5.40. The van der Waals surface area contributed by atoms with E-state index in [2.05, 4.69) is 13.8 Å². The van der Waals surface area contributed by atoms with Crippen LogP contribution in [0.3, 0.4) is 0 Å². The van der Waals surface area contributed by atoms with Crippen molar-refractivity contribution in [2.45, 2.75) is 45.3 Å². The molecule has 3 unspecified atom stereocenters. The predicted molar refractivity (Wildman–Crippen MR) is 70.6 cm³/mol. The lowest BCUT2D eigenvalue weighted by Gasteiger charge is -2.35. The maximum Gasteiger partial charge on any atom is 0.0837 e. The highest BCUT2D eigenvalue weighted by Gasteiger charge is 2.31. The first-order chi connectivity index (χ1) is 8.65. The predicted octanol–water partition coefficient (Wildman–Crippen LogP) is 1.85. The Morgan fingerprint density at radius 1 is 1.11 bits per heavy atom. The minimum atomic E-state index is -0.307. The monoisotopic (exact) mass is 260 g/mol. The fourth-order valence-corrected chi connectivity index (χ4v) is 2.43. The van der Waals surface area contributed by atoms with Gasteiger partial charge < -0.3 is 19.3 Å². The molecule has 0 aromatic heterocycles. The summed E-state index contributed by atoms with van der Waals surface area (Å²) in [6, 6.07) is 0. The Morgan fingerprint density at radius 2 is 1.83 bits per heavy atom. The van der Waals surface area contributed by atoms with Gasteiger partial charge in [0.2, 0.25) is 0 Å². The second-order valence-corrected chi connectivity index (χ2v) is 5.40. The average Bonchev–Trinajstić information content (AvgIpc) is 2.35. The van der Waals surface area contributed by atoms with Crippen LogP contribution >= 0.6 is 0 Å². The molecule has 1 aliphatic rings. The third-order valence-electron chi connectivity index (χ3n) is 3.73. The van der Waals surface area contributed by atoms with Crippen LogP contribution < -0.4 is 0 Å². The number of rotatable bonds is 8. The number of ether oxygens (including phenoxy) is 3.